The lowest BCUT2D eigenvalue weighted by atomic mass is 10.1. The van der Waals surface area contributed by atoms with Crippen LogP contribution in [-0.4, -0.2) is 79.3 Å². The number of aromatic nitrogens is 5. The van der Waals surface area contributed by atoms with Crippen molar-refractivity contribution in [2.24, 2.45) is 0 Å². The van der Waals surface area contributed by atoms with Crippen LogP contribution in [0.15, 0.2) is 41.5 Å². The number of nitrogens with zero attached hydrogens (tertiary/aromatic N) is 5. The molecule has 5 heterocycles. The Bertz CT molecular complexity index is 1610. The number of likely N-dealkylation sites (tertiary alicyclic amines) is 1. The molecule has 218 valence electrons. The summed E-state index contributed by atoms with van der Waals surface area (Å²) in [6.45, 7) is 4.93. The molecule has 0 bridgehead atoms. The molecular weight excluding hydrogens is 569 g/mol. The summed E-state index contributed by atoms with van der Waals surface area (Å²) >= 11 is 6.09. The molecule has 0 spiro atoms. The van der Waals surface area contributed by atoms with Crippen molar-refractivity contribution >= 4 is 39.5 Å². The van der Waals surface area contributed by atoms with Gasteiger partial charge < -0.3 is 19.6 Å². The Morgan fingerprint density at radius 2 is 1.93 bits per heavy atom. The van der Waals surface area contributed by atoms with E-state index in [2.05, 4.69) is 26.9 Å². The molecule has 0 amide bonds. The third-order valence-electron chi connectivity index (χ3n) is 7.04. The van der Waals surface area contributed by atoms with Crippen molar-refractivity contribution in [3.8, 4) is 5.75 Å². The van der Waals surface area contributed by atoms with E-state index in [4.69, 9.17) is 36.0 Å². The molecule has 0 radical (unpaired) electrons. The first-order chi connectivity index (χ1) is 19.5. The number of halogens is 4. The average Bonchev–Trinajstić information content (AvgIpc) is 3.35. The molecule has 1 atom stereocenters. The molecule has 15 heteroatoms. The number of ether oxygens (including phenoxy) is 2. The van der Waals surface area contributed by atoms with Crippen LogP contribution < -0.4 is 10.3 Å². The normalized spacial score (nSPS) is 17.6. The Morgan fingerprint density at radius 3 is 2.61 bits per heavy atom. The van der Waals surface area contributed by atoms with Gasteiger partial charge in [-0.25, -0.2) is 14.5 Å². The highest BCUT2D eigenvalue weighted by Crippen LogP contribution is 2.31. The van der Waals surface area contributed by atoms with E-state index in [1.54, 1.807) is 12.4 Å². The Morgan fingerprint density at radius 1 is 1.22 bits per heavy atom. The Hall–Kier alpha value is -3.75. The monoisotopic (exact) mass is 594 g/mol. The Kier molecular flexibility index (Phi) is 8.16. The third-order valence-corrected chi connectivity index (χ3v) is 7.27. The summed E-state index contributed by atoms with van der Waals surface area (Å²) in [7, 11) is 0. The van der Waals surface area contributed by atoms with Crippen molar-refractivity contribution in [3.05, 3.63) is 57.9 Å². The molecule has 1 unspecified atom stereocenters. The molecule has 0 saturated carbocycles. The van der Waals surface area contributed by atoms with Gasteiger partial charge in [0, 0.05) is 42.9 Å². The quantitative estimate of drug-likeness (QED) is 0.349. The van der Waals surface area contributed by atoms with E-state index >= 15 is 0 Å². The molecule has 2 aliphatic rings. The first kappa shape index (κ1) is 28.8. The number of benzene rings is 1. The number of hydrogen-bond donors (Lipinski definition) is 2. The van der Waals surface area contributed by atoms with E-state index in [9.17, 15) is 18.0 Å². The summed E-state index contributed by atoms with van der Waals surface area (Å²) < 4.78 is 45.4. The topological polar surface area (TPSA) is 135 Å². The number of carboxylic acids is 1. The second-order valence-corrected chi connectivity index (χ2v) is 10.2. The minimum Gasteiger partial charge on any atom is -0.487 e. The number of hydrogen-bond acceptors (Lipinski definition) is 8. The van der Waals surface area contributed by atoms with E-state index in [0.29, 0.717) is 35.1 Å². The predicted molar refractivity (Wildman–Crippen MR) is 142 cm³/mol. The number of carbonyl (C=O) groups is 1. The number of fused-ring (bicyclic) bond motifs is 2. The molecular formula is C26H26ClF3N6O5. The second kappa shape index (κ2) is 11.6. The largest absolute Gasteiger partial charge is 0.490 e. The fourth-order valence-corrected chi connectivity index (χ4v) is 4.92. The maximum Gasteiger partial charge on any atom is 0.490 e. The van der Waals surface area contributed by atoms with Crippen LogP contribution in [0.25, 0.3) is 21.9 Å². The minimum atomic E-state index is -5.08. The fraction of sp³-hybridized carbons (Fsp3) is 0.423. The number of alkyl halides is 3. The molecule has 2 N–H and O–H groups in total. The minimum absolute atomic E-state index is 0.0481. The number of rotatable bonds is 5. The van der Waals surface area contributed by atoms with Crippen molar-refractivity contribution in [2.45, 2.75) is 44.1 Å². The molecule has 1 aromatic carbocycles. The van der Waals surface area contributed by atoms with Crippen molar-refractivity contribution in [1.82, 2.24) is 29.6 Å². The van der Waals surface area contributed by atoms with Gasteiger partial charge in [0.25, 0.3) is 5.56 Å². The molecule has 0 aliphatic carbocycles. The van der Waals surface area contributed by atoms with Gasteiger partial charge in [0.1, 0.15) is 23.1 Å². The van der Waals surface area contributed by atoms with Crippen LogP contribution in [0, 0.1) is 0 Å². The number of pyridine rings is 1. The zero-order valence-electron chi connectivity index (χ0n) is 21.8. The molecule has 11 nitrogen and oxygen atoms in total. The van der Waals surface area contributed by atoms with Gasteiger partial charge in [-0.1, -0.05) is 11.6 Å². The van der Waals surface area contributed by atoms with Crippen molar-refractivity contribution in [2.75, 3.05) is 26.3 Å². The number of nitrogens with one attached hydrogen (secondary N) is 1. The number of carboxylic acid groups (broad SMARTS) is 1. The summed E-state index contributed by atoms with van der Waals surface area (Å²) in [4.78, 5) is 36.1. The highest BCUT2D eigenvalue weighted by Gasteiger charge is 2.38. The Balaban J connectivity index is 0.000000431. The van der Waals surface area contributed by atoms with Crippen LogP contribution in [-0.2, 0) is 9.53 Å². The molecule has 2 fully saturated rings. The first-order valence-electron chi connectivity index (χ1n) is 12.8. The Labute approximate surface area is 235 Å². The lowest BCUT2D eigenvalue weighted by molar-refractivity contribution is -0.192. The average molecular weight is 595 g/mol. The summed E-state index contributed by atoms with van der Waals surface area (Å²) in [5.74, 6) is -1.31. The summed E-state index contributed by atoms with van der Waals surface area (Å²) in [6.07, 6.45) is 0.0597. The van der Waals surface area contributed by atoms with Gasteiger partial charge in [-0.05, 0) is 44.0 Å². The van der Waals surface area contributed by atoms with E-state index in [1.165, 1.54) is 0 Å². The highest BCUT2D eigenvalue weighted by molar-refractivity contribution is 6.31. The summed E-state index contributed by atoms with van der Waals surface area (Å²) in [6, 6.07) is 7.65. The molecule has 2 saturated heterocycles. The maximum absolute atomic E-state index is 12.8. The molecule has 3 aromatic heterocycles. The summed E-state index contributed by atoms with van der Waals surface area (Å²) in [5, 5.41) is 13.7. The molecule has 2 aliphatic heterocycles. The molecule has 6 rings (SSSR count). The SMILES string of the molecule is CC(c1nc2c(cnn2C2CCOCC2)c(=O)[nH]1)N1CC(Oc2ccnc3cc(Cl)ccc23)C1.O=C(O)C(F)(F)F. The van der Waals surface area contributed by atoms with Crippen LogP contribution in [0.3, 0.4) is 0 Å². The van der Waals surface area contributed by atoms with Gasteiger partial charge in [0.05, 0.1) is 23.8 Å². The maximum atomic E-state index is 12.8. The van der Waals surface area contributed by atoms with Gasteiger partial charge >= 0.3 is 12.1 Å². The zero-order chi connectivity index (χ0) is 29.3. The first-order valence-corrected chi connectivity index (χ1v) is 13.2. The molecule has 41 heavy (non-hydrogen) atoms. The number of aromatic amines is 1. The highest BCUT2D eigenvalue weighted by atomic mass is 35.5. The fourth-order valence-electron chi connectivity index (χ4n) is 4.76. The third kappa shape index (κ3) is 6.29. The zero-order valence-corrected chi connectivity index (χ0v) is 22.5. The number of aliphatic carboxylic acids is 1. The van der Waals surface area contributed by atoms with Gasteiger partial charge in [-0.3, -0.25) is 14.7 Å². The number of H-pyrrole nitrogens is 1. The van der Waals surface area contributed by atoms with Crippen LogP contribution in [0.5, 0.6) is 5.75 Å². The van der Waals surface area contributed by atoms with E-state index < -0.39 is 12.1 Å². The van der Waals surface area contributed by atoms with E-state index in [1.807, 2.05) is 28.9 Å². The van der Waals surface area contributed by atoms with E-state index in [0.717, 1.165) is 42.6 Å². The van der Waals surface area contributed by atoms with Crippen molar-refractivity contribution < 1.29 is 32.5 Å². The van der Waals surface area contributed by atoms with Crippen LogP contribution in [0.4, 0.5) is 13.2 Å². The lowest BCUT2D eigenvalue weighted by Crippen LogP contribution is -2.54. The lowest BCUT2D eigenvalue weighted by Gasteiger charge is -2.42. The summed E-state index contributed by atoms with van der Waals surface area (Å²) in [5.41, 5.74) is 1.30. The van der Waals surface area contributed by atoms with Crippen molar-refractivity contribution in [3.63, 3.8) is 0 Å². The van der Waals surface area contributed by atoms with Crippen LogP contribution in [0.2, 0.25) is 5.02 Å². The predicted octanol–water partition coefficient (Wildman–Crippen LogP) is 4.13. The standard InChI is InChI=1S/C24H25ClN6O3.C2HF3O2/c1-14(22-28-23-19(24(32)29-22)11-27-31(23)16-5-8-33-9-6-16)30-12-17(13-30)34-21-4-7-26-20-10-15(25)2-3-18(20)21;3-2(4,5)1(6)7/h2-4,7,10-11,14,16-17H,5-6,8-9,12-13H2,1H3,(H,28,29,32);(H,6,7). The van der Waals surface area contributed by atoms with Crippen molar-refractivity contribution in [1.29, 1.82) is 0 Å². The van der Waals surface area contributed by atoms with Gasteiger partial charge in [-0.2, -0.15) is 18.3 Å². The second-order valence-electron chi connectivity index (χ2n) is 9.76. The van der Waals surface area contributed by atoms with Gasteiger partial charge in [0.2, 0.25) is 0 Å². The van der Waals surface area contributed by atoms with Crippen LogP contribution in [0.1, 0.15) is 37.7 Å². The van der Waals surface area contributed by atoms with E-state index in [-0.39, 0.29) is 23.7 Å². The van der Waals surface area contributed by atoms with Gasteiger partial charge in [-0.15, -0.1) is 0 Å². The molecule has 4 aromatic rings. The van der Waals surface area contributed by atoms with Crippen LogP contribution >= 0.6 is 11.6 Å². The van der Waals surface area contributed by atoms with Gasteiger partial charge in [0.15, 0.2) is 5.65 Å². The smallest absolute Gasteiger partial charge is 0.487 e.